The highest BCUT2D eigenvalue weighted by atomic mass is 16.1. The third-order valence-electron chi connectivity index (χ3n) is 3.41. The van der Waals surface area contributed by atoms with Crippen LogP contribution in [0.25, 0.3) is 5.69 Å². The van der Waals surface area contributed by atoms with E-state index in [4.69, 9.17) is 5.73 Å². The van der Waals surface area contributed by atoms with Crippen molar-refractivity contribution < 1.29 is 4.79 Å². The molecule has 1 aliphatic carbocycles. The molecule has 106 valence electrons. The first-order valence-electron chi connectivity index (χ1n) is 6.82. The van der Waals surface area contributed by atoms with Crippen molar-refractivity contribution in [2.24, 2.45) is 5.73 Å². The smallest absolute Gasteiger partial charge is 0.288 e. The van der Waals surface area contributed by atoms with E-state index in [2.05, 4.69) is 22.2 Å². The third-order valence-corrected chi connectivity index (χ3v) is 3.41. The van der Waals surface area contributed by atoms with Crippen LogP contribution in [0, 0.1) is 6.92 Å². The SMILES string of the molecule is Cc1cccc(-n2nc(C(N)=O)nc2C2C=CC=CC2)c1. The molecule has 0 spiro atoms. The van der Waals surface area contributed by atoms with Crippen molar-refractivity contribution in [3.63, 3.8) is 0 Å². The van der Waals surface area contributed by atoms with E-state index < -0.39 is 5.91 Å². The van der Waals surface area contributed by atoms with Crippen LogP contribution in [0.1, 0.15) is 34.3 Å². The molecule has 1 heterocycles. The second-order valence-corrected chi connectivity index (χ2v) is 5.06. The molecule has 1 amide bonds. The Morgan fingerprint density at radius 2 is 2.24 bits per heavy atom. The van der Waals surface area contributed by atoms with Crippen LogP contribution in [0.5, 0.6) is 0 Å². The lowest BCUT2D eigenvalue weighted by Gasteiger charge is -2.14. The Morgan fingerprint density at radius 3 is 2.90 bits per heavy atom. The summed E-state index contributed by atoms with van der Waals surface area (Å²) in [5.41, 5.74) is 7.33. The van der Waals surface area contributed by atoms with Crippen LogP contribution in [0.4, 0.5) is 0 Å². The van der Waals surface area contributed by atoms with E-state index in [1.807, 2.05) is 43.3 Å². The lowest BCUT2D eigenvalue weighted by molar-refractivity contribution is 0.0990. The number of amides is 1. The quantitative estimate of drug-likeness (QED) is 0.937. The summed E-state index contributed by atoms with van der Waals surface area (Å²) in [6.07, 6.45) is 8.94. The number of nitrogens with zero attached hydrogens (tertiary/aromatic N) is 3. The number of aryl methyl sites for hydroxylation is 1. The maximum atomic E-state index is 11.4. The zero-order valence-electron chi connectivity index (χ0n) is 11.7. The molecule has 21 heavy (non-hydrogen) atoms. The lowest BCUT2D eigenvalue weighted by Crippen LogP contribution is -2.13. The molecule has 0 radical (unpaired) electrons. The van der Waals surface area contributed by atoms with Crippen molar-refractivity contribution >= 4 is 5.91 Å². The summed E-state index contributed by atoms with van der Waals surface area (Å²) in [6, 6.07) is 7.92. The van der Waals surface area contributed by atoms with Gasteiger partial charge in [0.25, 0.3) is 5.91 Å². The molecule has 5 nitrogen and oxygen atoms in total. The van der Waals surface area contributed by atoms with Gasteiger partial charge in [0.15, 0.2) is 0 Å². The highest BCUT2D eigenvalue weighted by Crippen LogP contribution is 2.25. The largest absolute Gasteiger partial charge is 0.363 e. The van der Waals surface area contributed by atoms with Crippen LogP contribution >= 0.6 is 0 Å². The molecule has 5 heteroatoms. The second-order valence-electron chi connectivity index (χ2n) is 5.06. The summed E-state index contributed by atoms with van der Waals surface area (Å²) < 4.78 is 1.71. The standard InChI is InChI=1S/C16H16N4O/c1-11-6-5-9-13(10-11)20-16(12-7-3-2-4-8-12)18-15(19-20)14(17)21/h2-7,9-10,12H,8H2,1H3,(H2,17,21). The van der Waals surface area contributed by atoms with Gasteiger partial charge in [-0.3, -0.25) is 4.79 Å². The van der Waals surface area contributed by atoms with Gasteiger partial charge < -0.3 is 5.73 Å². The van der Waals surface area contributed by atoms with Crippen LogP contribution in [-0.4, -0.2) is 20.7 Å². The van der Waals surface area contributed by atoms with Gasteiger partial charge in [0.1, 0.15) is 5.82 Å². The molecular formula is C16H16N4O. The molecule has 0 aliphatic heterocycles. The fourth-order valence-electron chi connectivity index (χ4n) is 2.39. The van der Waals surface area contributed by atoms with Gasteiger partial charge in [-0.05, 0) is 31.0 Å². The van der Waals surface area contributed by atoms with Gasteiger partial charge in [0.05, 0.1) is 5.69 Å². The third kappa shape index (κ3) is 2.63. The Bertz CT molecular complexity index is 742. The molecule has 0 fully saturated rings. The van der Waals surface area contributed by atoms with E-state index in [-0.39, 0.29) is 11.7 Å². The van der Waals surface area contributed by atoms with E-state index in [0.717, 1.165) is 23.5 Å². The molecule has 0 saturated heterocycles. The van der Waals surface area contributed by atoms with Crippen molar-refractivity contribution in [1.29, 1.82) is 0 Å². The fourth-order valence-corrected chi connectivity index (χ4v) is 2.39. The monoisotopic (exact) mass is 280 g/mol. The highest BCUT2D eigenvalue weighted by Gasteiger charge is 2.21. The molecule has 2 N–H and O–H groups in total. The van der Waals surface area contributed by atoms with Crippen LogP contribution in [0.2, 0.25) is 0 Å². The van der Waals surface area contributed by atoms with Crippen molar-refractivity contribution in [2.75, 3.05) is 0 Å². The molecule has 3 rings (SSSR count). The molecule has 2 aromatic rings. The molecule has 0 bridgehead atoms. The minimum absolute atomic E-state index is 0.0504. The molecule has 0 saturated carbocycles. The maximum Gasteiger partial charge on any atom is 0.288 e. The Balaban J connectivity index is 2.11. The number of carbonyl (C=O) groups excluding carboxylic acids is 1. The van der Waals surface area contributed by atoms with E-state index in [0.29, 0.717) is 0 Å². The predicted octanol–water partition coefficient (Wildman–Crippen LogP) is 2.27. The zero-order valence-corrected chi connectivity index (χ0v) is 11.7. The minimum atomic E-state index is -0.613. The molecule has 1 aliphatic rings. The summed E-state index contributed by atoms with van der Waals surface area (Å²) in [5.74, 6) is 0.263. The van der Waals surface area contributed by atoms with Gasteiger partial charge in [0, 0.05) is 5.92 Å². The van der Waals surface area contributed by atoms with Crippen LogP contribution in [0.15, 0.2) is 48.6 Å². The molecular weight excluding hydrogens is 264 g/mol. The van der Waals surface area contributed by atoms with Crippen molar-refractivity contribution in [1.82, 2.24) is 14.8 Å². The number of carbonyl (C=O) groups is 1. The summed E-state index contributed by atoms with van der Waals surface area (Å²) in [5, 5.41) is 4.27. The zero-order chi connectivity index (χ0) is 14.8. The van der Waals surface area contributed by atoms with Crippen LogP contribution in [-0.2, 0) is 0 Å². The first-order chi connectivity index (χ1) is 10.1. The van der Waals surface area contributed by atoms with E-state index in [1.54, 1.807) is 4.68 Å². The summed E-state index contributed by atoms with van der Waals surface area (Å²) in [6.45, 7) is 2.01. The number of benzene rings is 1. The topological polar surface area (TPSA) is 73.8 Å². The minimum Gasteiger partial charge on any atom is -0.363 e. The van der Waals surface area contributed by atoms with Crippen LogP contribution in [0.3, 0.4) is 0 Å². The van der Waals surface area contributed by atoms with Crippen molar-refractivity contribution in [2.45, 2.75) is 19.3 Å². The normalized spacial score (nSPS) is 17.1. The maximum absolute atomic E-state index is 11.4. The molecule has 1 aromatic carbocycles. The number of allylic oxidation sites excluding steroid dienone is 4. The van der Waals surface area contributed by atoms with Crippen LogP contribution < -0.4 is 5.73 Å². The number of hydrogen-bond donors (Lipinski definition) is 1. The number of primary amides is 1. The Hall–Kier alpha value is -2.69. The number of nitrogens with two attached hydrogens (primary N) is 1. The summed E-state index contributed by atoms with van der Waals surface area (Å²) in [7, 11) is 0. The fraction of sp³-hybridized carbons (Fsp3) is 0.188. The highest BCUT2D eigenvalue weighted by molar-refractivity contribution is 5.88. The van der Waals surface area contributed by atoms with Gasteiger partial charge in [-0.2, -0.15) is 0 Å². The number of rotatable bonds is 3. The first-order valence-corrected chi connectivity index (χ1v) is 6.82. The lowest BCUT2D eigenvalue weighted by atomic mass is 10.00. The van der Waals surface area contributed by atoms with Gasteiger partial charge >= 0.3 is 0 Å². The second kappa shape index (κ2) is 5.36. The van der Waals surface area contributed by atoms with Gasteiger partial charge in [-0.1, -0.05) is 36.4 Å². The Kier molecular flexibility index (Phi) is 3.39. The van der Waals surface area contributed by atoms with E-state index in [9.17, 15) is 4.79 Å². The van der Waals surface area contributed by atoms with Crippen molar-refractivity contribution in [3.05, 3.63) is 65.8 Å². The number of hydrogen-bond acceptors (Lipinski definition) is 3. The predicted molar refractivity (Wildman–Crippen MR) is 80.3 cm³/mol. The van der Waals surface area contributed by atoms with E-state index in [1.165, 1.54) is 0 Å². The molecule has 1 atom stereocenters. The Morgan fingerprint density at radius 1 is 1.38 bits per heavy atom. The average molecular weight is 280 g/mol. The van der Waals surface area contributed by atoms with E-state index >= 15 is 0 Å². The first kappa shape index (κ1) is 13.3. The molecule has 1 aromatic heterocycles. The number of aromatic nitrogens is 3. The summed E-state index contributed by atoms with van der Waals surface area (Å²) >= 11 is 0. The van der Waals surface area contributed by atoms with Gasteiger partial charge in [0.2, 0.25) is 5.82 Å². The molecule has 1 unspecified atom stereocenters. The van der Waals surface area contributed by atoms with Gasteiger partial charge in [-0.15, -0.1) is 5.10 Å². The average Bonchev–Trinajstić information content (AvgIpc) is 2.93. The Labute approximate surface area is 122 Å². The van der Waals surface area contributed by atoms with Crippen molar-refractivity contribution in [3.8, 4) is 5.69 Å². The summed E-state index contributed by atoms with van der Waals surface area (Å²) in [4.78, 5) is 15.7. The van der Waals surface area contributed by atoms with Gasteiger partial charge in [-0.25, -0.2) is 9.67 Å².